The van der Waals surface area contributed by atoms with E-state index in [9.17, 15) is 5.11 Å². The molecule has 1 aromatic rings. The lowest BCUT2D eigenvalue weighted by molar-refractivity contribution is 0.0664. The van der Waals surface area contributed by atoms with Crippen molar-refractivity contribution >= 4 is 8.32 Å². The van der Waals surface area contributed by atoms with Crippen LogP contribution in [-0.2, 0) is 15.8 Å². The van der Waals surface area contributed by atoms with Crippen molar-refractivity contribution in [1.82, 2.24) is 0 Å². The number of hydrogen-bond donors (Lipinski definition) is 1. The van der Waals surface area contributed by atoms with Crippen molar-refractivity contribution in [2.75, 3.05) is 20.3 Å². The fourth-order valence-corrected chi connectivity index (χ4v) is 3.55. The predicted octanol–water partition coefficient (Wildman–Crippen LogP) is 4.37. The molecule has 1 rings (SSSR count). The van der Waals surface area contributed by atoms with Gasteiger partial charge in [0.05, 0.1) is 13.7 Å². The Morgan fingerprint density at radius 2 is 1.71 bits per heavy atom. The first-order valence-corrected chi connectivity index (χ1v) is 11.6. The lowest BCUT2D eigenvalue weighted by atomic mass is 10.2. The summed E-state index contributed by atoms with van der Waals surface area (Å²) in [7, 11) is -0.159. The highest BCUT2D eigenvalue weighted by atomic mass is 28.4. The molecule has 4 nitrogen and oxygen atoms in total. The van der Waals surface area contributed by atoms with Gasteiger partial charge in [-0.05, 0) is 48.7 Å². The van der Waals surface area contributed by atoms with E-state index in [0.717, 1.165) is 17.7 Å². The third-order valence-electron chi connectivity index (χ3n) is 4.73. The van der Waals surface area contributed by atoms with Crippen molar-refractivity contribution in [3.63, 3.8) is 0 Å². The van der Waals surface area contributed by atoms with Gasteiger partial charge < -0.3 is 19.0 Å². The Bertz CT molecular complexity index is 465. The van der Waals surface area contributed by atoms with Crippen molar-refractivity contribution in [2.45, 2.75) is 64.5 Å². The molecule has 0 fully saturated rings. The van der Waals surface area contributed by atoms with E-state index in [1.54, 1.807) is 7.11 Å². The number of aliphatic hydroxyl groups is 1. The van der Waals surface area contributed by atoms with Gasteiger partial charge in [-0.15, -0.1) is 0 Å². The van der Waals surface area contributed by atoms with Crippen LogP contribution in [0.3, 0.4) is 0 Å². The lowest BCUT2D eigenvalue weighted by Crippen LogP contribution is -2.44. The second-order valence-electron chi connectivity index (χ2n) is 7.70. The highest BCUT2D eigenvalue weighted by Crippen LogP contribution is 2.37. The second kappa shape index (κ2) is 9.56. The smallest absolute Gasteiger partial charge is 0.192 e. The molecule has 0 aliphatic rings. The first kappa shape index (κ1) is 21.2. The van der Waals surface area contributed by atoms with Gasteiger partial charge in [-0.1, -0.05) is 32.9 Å². The first-order valence-electron chi connectivity index (χ1n) is 8.69. The van der Waals surface area contributed by atoms with Gasteiger partial charge in [-0.3, -0.25) is 0 Å². The van der Waals surface area contributed by atoms with Crippen LogP contribution in [0, 0.1) is 0 Å². The predicted molar refractivity (Wildman–Crippen MR) is 101 cm³/mol. The summed E-state index contributed by atoms with van der Waals surface area (Å²) in [5.74, 6) is 0.851. The van der Waals surface area contributed by atoms with Crippen LogP contribution in [0.2, 0.25) is 18.1 Å². The molecule has 0 aromatic heterocycles. The van der Waals surface area contributed by atoms with Gasteiger partial charge in [-0.25, -0.2) is 0 Å². The minimum atomic E-state index is -1.82. The topological polar surface area (TPSA) is 47.9 Å². The zero-order chi connectivity index (χ0) is 18.2. The van der Waals surface area contributed by atoms with E-state index in [1.165, 1.54) is 0 Å². The van der Waals surface area contributed by atoms with E-state index in [0.29, 0.717) is 19.6 Å². The van der Waals surface area contributed by atoms with E-state index < -0.39 is 8.32 Å². The molecule has 0 amide bonds. The summed E-state index contributed by atoms with van der Waals surface area (Å²) < 4.78 is 17.3. The van der Waals surface area contributed by atoms with Crippen LogP contribution in [-0.4, -0.2) is 39.9 Å². The van der Waals surface area contributed by atoms with Gasteiger partial charge in [0.25, 0.3) is 0 Å². The van der Waals surface area contributed by atoms with Gasteiger partial charge >= 0.3 is 0 Å². The monoisotopic (exact) mass is 354 g/mol. The van der Waals surface area contributed by atoms with Crippen molar-refractivity contribution in [3.05, 3.63) is 29.8 Å². The SMILES string of the molecule is COc1ccc(COCC[C@@H](CCO)O[Si](C)(C)C(C)(C)C)cc1. The van der Waals surface area contributed by atoms with Crippen LogP contribution in [0.1, 0.15) is 39.2 Å². The van der Waals surface area contributed by atoms with E-state index in [4.69, 9.17) is 13.9 Å². The molecule has 138 valence electrons. The molecule has 24 heavy (non-hydrogen) atoms. The normalized spacial score (nSPS) is 13.8. The summed E-state index contributed by atoms with van der Waals surface area (Å²) in [5, 5.41) is 9.47. The minimum absolute atomic E-state index is 0.0618. The summed E-state index contributed by atoms with van der Waals surface area (Å²) in [6.07, 6.45) is 1.54. The quantitative estimate of drug-likeness (QED) is 0.500. The largest absolute Gasteiger partial charge is 0.497 e. The number of benzene rings is 1. The molecule has 5 heteroatoms. The molecule has 0 spiro atoms. The fraction of sp³-hybridized carbons (Fsp3) is 0.684. The average Bonchev–Trinajstić information content (AvgIpc) is 2.51. The molecule has 1 aromatic carbocycles. The highest BCUT2D eigenvalue weighted by Gasteiger charge is 2.38. The standard InChI is InChI=1S/C19H34O4Si/c1-19(2,3)24(5,6)23-18(11-13-20)12-14-22-15-16-7-9-17(21-4)10-8-16/h7-10,18,20H,11-15H2,1-6H3/t18-/m1/s1. The van der Waals surface area contributed by atoms with Gasteiger partial charge in [0.15, 0.2) is 8.32 Å². The third-order valence-corrected chi connectivity index (χ3v) is 9.27. The van der Waals surface area contributed by atoms with E-state index in [1.807, 2.05) is 24.3 Å². The lowest BCUT2D eigenvalue weighted by Gasteiger charge is -2.39. The molecule has 0 aliphatic heterocycles. The molecular weight excluding hydrogens is 320 g/mol. The van der Waals surface area contributed by atoms with Crippen LogP contribution < -0.4 is 4.74 Å². The van der Waals surface area contributed by atoms with Crippen LogP contribution in [0.4, 0.5) is 0 Å². The molecule has 0 aliphatic carbocycles. The zero-order valence-corrected chi connectivity index (χ0v) is 17.1. The summed E-state index contributed by atoms with van der Waals surface area (Å²) in [5.41, 5.74) is 1.12. The Morgan fingerprint density at radius 3 is 2.21 bits per heavy atom. The summed E-state index contributed by atoms with van der Waals surface area (Å²) in [6, 6.07) is 7.90. The molecule has 0 saturated carbocycles. The minimum Gasteiger partial charge on any atom is -0.497 e. The molecule has 0 heterocycles. The Hall–Kier alpha value is -0.883. The average molecular weight is 355 g/mol. The molecule has 1 N–H and O–H groups in total. The Kier molecular flexibility index (Phi) is 8.43. The molecular formula is C19H34O4Si. The zero-order valence-electron chi connectivity index (χ0n) is 16.1. The van der Waals surface area contributed by atoms with E-state index in [2.05, 4.69) is 33.9 Å². The van der Waals surface area contributed by atoms with Gasteiger partial charge in [-0.2, -0.15) is 0 Å². The molecule has 0 radical (unpaired) electrons. The van der Waals surface area contributed by atoms with Crippen LogP contribution in [0.15, 0.2) is 24.3 Å². The molecule has 0 saturated heterocycles. The molecule has 0 unspecified atom stereocenters. The first-order chi connectivity index (χ1) is 11.2. The fourth-order valence-electron chi connectivity index (χ4n) is 2.13. The third kappa shape index (κ3) is 6.93. The van der Waals surface area contributed by atoms with Crippen molar-refractivity contribution < 1.29 is 19.0 Å². The van der Waals surface area contributed by atoms with Crippen LogP contribution >= 0.6 is 0 Å². The Labute approximate surface area is 148 Å². The molecule has 0 bridgehead atoms. The summed E-state index contributed by atoms with van der Waals surface area (Å²) >= 11 is 0. The van der Waals surface area contributed by atoms with Gasteiger partial charge in [0, 0.05) is 19.3 Å². The Balaban J connectivity index is 2.43. The van der Waals surface area contributed by atoms with Gasteiger partial charge in [0.1, 0.15) is 5.75 Å². The number of hydrogen-bond acceptors (Lipinski definition) is 4. The van der Waals surface area contributed by atoms with E-state index >= 15 is 0 Å². The van der Waals surface area contributed by atoms with Crippen LogP contribution in [0.25, 0.3) is 0 Å². The van der Waals surface area contributed by atoms with Crippen LogP contribution in [0.5, 0.6) is 5.75 Å². The maximum Gasteiger partial charge on any atom is 0.192 e. The summed E-state index contributed by atoms with van der Waals surface area (Å²) in [6.45, 7) is 12.5. The van der Waals surface area contributed by atoms with Crippen molar-refractivity contribution in [1.29, 1.82) is 0 Å². The highest BCUT2D eigenvalue weighted by molar-refractivity contribution is 6.74. The van der Waals surface area contributed by atoms with Crippen molar-refractivity contribution in [2.24, 2.45) is 0 Å². The van der Waals surface area contributed by atoms with Crippen molar-refractivity contribution in [3.8, 4) is 5.75 Å². The maximum atomic E-state index is 9.30. The van der Waals surface area contributed by atoms with E-state index in [-0.39, 0.29) is 17.7 Å². The number of methoxy groups -OCH3 is 1. The van der Waals surface area contributed by atoms with Gasteiger partial charge in [0.2, 0.25) is 0 Å². The maximum absolute atomic E-state index is 9.30. The summed E-state index contributed by atoms with van der Waals surface area (Å²) in [4.78, 5) is 0. The number of aliphatic hydroxyl groups excluding tert-OH is 1. The second-order valence-corrected chi connectivity index (χ2v) is 12.5. The Morgan fingerprint density at radius 1 is 1.08 bits per heavy atom. The number of rotatable bonds is 10. The molecule has 1 atom stereocenters. The number of ether oxygens (including phenoxy) is 2.